The summed E-state index contributed by atoms with van der Waals surface area (Å²) in [5.41, 5.74) is 4.14. The van der Waals surface area contributed by atoms with Gasteiger partial charge in [0.1, 0.15) is 24.4 Å². The summed E-state index contributed by atoms with van der Waals surface area (Å²) in [4.78, 5) is 32.1. The number of aromatic amines is 1. The van der Waals surface area contributed by atoms with E-state index in [1.54, 1.807) is 23.1 Å². The zero-order valence-electron chi connectivity index (χ0n) is 19.9. The third kappa shape index (κ3) is 4.20. The molecule has 2 N–H and O–H groups in total. The largest absolute Gasteiger partial charge is 0.489 e. The highest BCUT2D eigenvalue weighted by Gasteiger charge is 2.45. The molecule has 1 aliphatic rings. The highest BCUT2D eigenvalue weighted by Crippen LogP contribution is 2.44. The first-order chi connectivity index (χ1) is 17.6. The molecule has 2 amide bonds. The molecule has 0 spiro atoms. The molecule has 0 saturated heterocycles. The summed E-state index contributed by atoms with van der Waals surface area (Å²) in [6, 6.07) is 22.8. The van der Waals surface area contributed by atoms with E-state index in [0.717, 1.165) is 27.7 Å². The Kier molecular flexibility index (Phi) is 6.45. The van der Waals surface area contributed by atoms with E-state index in [0.29, 0.717) is 24.5 Å². The first-order valence-corrected chi connectivity index (χ1v) is 11.8. The Bertz CT molecular complexity index is 1410. The van der Waals surface area contributed by atoms with Crippen LogP contribution in [0.4, 0.5) is 10.5 Å². The van der Waals surface area contributed by atoms with Crippen molar-refractivity contribution in [3.63, 3.8) is 0 Å². The molecule has 0 bridgehead atoms. The summed E-state index contributed by atoms with van der Waals surface area (Å²) >= 11 is 0. The molecule has 2 unspecified atom stereocenters. The maximum atomic E-state index is 13.9. The minimum atomic E-state index is -0.845. The van der Waals surface area contributed by atoms with Gasteiger partial charge in [-0.25, -0.2) is 9.59 Å². The number of hydrogen-bond acceptors (Lipinski definition) is 4. The van der Waals surface area contributed by atoms with Gasteiger partial charge >= 0.3 is 12.0 Å². The lowest BCUT2D eigenvalue weighted by Gasteiger charge is -2.41. The number of nitrogens with one attached hydrogen (secondary N) is 2. The molecule has 0 aliphatic carbocycles. The summed E-state index contributed by atoms with van der Waals surface area (Å²) in [5, 5.41) is 3.97. The molecule has 5 rings (SSSR count). The van der Waals surface area contributed by atoms with Crippen molar-refractivity contribution in [3.8, 4) is 5.75 Å². The van der Waals surface area contributed by atoms with Crippen LogP contribution in [-0.4, -0.2) is 41.6 Å². The van der Waals surface area contributed by atoms with Gasteiger partial charge in [-0.2, -0.15) is 0 Å². The van der Waals surface area contributed by atoms with Crippen molar-refractivity contribution in [2.24, 2.45) is 0 Å². The van der Waals surface area contributed by atoms with Gasteiger partial charge in [-0.05, 0) is 29.8 Å². The maximum absolute atomic E-state index is 13.9. The van der Waals surface area contributed by atoms with Gasteiger partial charge in [0.15, 0.2) is 0 Å². The number of carbonyl (C=O) groups excluding carboxylic acids is 2. The molecule has 0 radical (unpaired) electrons. The molecule has 0 fully saturated rings. The van der Waals surface area contributed by atoms with E-state index >= 15 is 0 Å². The van der Waals surface area contributed by atoms with E-state index in [-0.39, 0.29) is 0 Å². The SMILES string of the molecule is C=CCOc1ccccc1C1c2[nH]c3ccccc3c2CC(C(=O)OC)N1C(=O)Nc1ccccc1. The third-order valence-electron chi connectivity index (χ3n) is 6.43. The Morgan fingerprint density at radius 2 is 1.78 bits per heavy atom. The van der Waals surface area contributed by atoms with Crippen LogP contribution >= 0.6 is 0 Å². The van der Waals surface area contributed by atoms with Crippen molar-refractivity contribution in [1.29, 1.82) is 0 Å². The number of nitrogens with zero attached hydrogens (tertiary/aromatic N) is 1. The Morgan fingerprint density at radius 1 is 1.06 bits per heavy atom. The predicted molar refractivity (Wildman–Crippen MR) is 139 cm³/mol. The molecule has 2 atom stereocenters. The van der Waals surface area contributed by atoms with Crippen LogP contribution in [0.1, 0.15) is 22.9 Å². The van der Waals surface area contributed by atoms with E-state index in [1.165, 1.54) is 7.11 Å². The maximum Gasteiger partial charge on any atom is 0.329 e. The highest BCUT2D eigenvalue weighted by molar-refractivity contribution is 5.95. The summed E-state index contributed by atoms with van der Waals surface area (Å²) in [7, 11) is 1.34. The molecule has 3 aromatic carbocycles. The van der Waals surface area contributed by atoms with Crippen molar-refractivity contribution in [2.45, 2.75) is 18.5 Å². The zero-order chi connectivity index (χ0) is 25.1. The molecule has 2 heterocycles. The van der Waals surface area contributed by atoms with Gasteiger partial charge in [-0.15, -0.1) is 0 Å². The number of methoxy groups -OCH3 is 1. The smallest absolute Gasteiger partial charge is 0.329 e. The Labute approximate surface area is 209 Å². The van der Waals surface area contributed by atoms with Crippen molar-refractivity contribution in [2.75, 3.05) is 19.0 Å². The monoisotopic (exact) mass is 481 g/mol. The lowest BCUT2D eigenvalue weighted by molar-refractivity contribution is -0.146. The topological polar surface area (TPSA) is 83.7 Å². The number of para-hydroxylation sites is 3. The number of carbonyl (C=O) groups is 2. The molecular weight excluding hydrogens is 454 g/mol. The molecule has 7 nitrogen and oxygen atoms in total. The van der Waals surface area contributed by atoms with Gasteiger partial charge < -0.3 is 19.8 Å². The molecule has 1 aliphatic heterocycles. The molecule has 1 aromatic heterocycles. The quantitative estimate of drug-likeness (QED) is 0.283. The number of ether oxygens (including phenoxy) is 2. The second-order valence-corrected chi connectivity index (χ2v) is 8.55. The van der Waals surface area contributed by atoms with Crippen LogP contribution in [0.15, 0.2) is 91.5 Å². The van der Waals surface area contributed by atoms with Crippen LogP contribution in [-0.2, 0) is 16.0 Å². The number of hydrogen-bond donors (Lipinski definition) is 2. The van der Waals surface area contributed by atoms with Crippen molar-refractivity contribution in [1.82, 2.24) is 9.88 Å². The number of esters is 1. The van der Waals surface area contributed by atoms with E-state index in [1.807, 2.05) is 66.7 Å². The standard InChI is InChI=1S/C29H27N3O4/c1-3-17-36-25-16-10-8-14-21(25)27-26-22(20-13-7-9-15-23(20)31-26)18-24(28(33)35-2)32(27)29(34)30-19-11-5-4-6-12-19/h3-16,24,27,31H,1,17-18H2,2H3,(H,30,34). The third-order valence-corrected chi connectivity index (χ3v) is 6.43. The minimum Gasteiger partial charge on any atom is -0.489 e. The summed E-state index contributed by atoms with van der Waals surface area (Å²) in [5.74, 6) is 0.124. The first-order valence-electron chi connectivity index (χ1n) is 11.8. The van der Waals surface area contributed by atoms with Gasteiger partial charge in [0.2, 0.25) is 0 Å². The van der Waals surface area contributed by atoms with Crippen LogP contribution in [0, 0.1) is 0 Å². The van der Waals surface area contributed by atoms with Crippen molar-refractivity contribution in [3.05, 3.63) is 108 Å². The number of anilines is 1. The van der Waals surface area contributed by atoms with Crippen LogP contribution in [0.3, 0.4) is 0 Å². The van der Waals surface area contributed by atoms with E-state index < -0.39 is 24.1 Å². The minimum absolute atomic E-state index is 0.305. The zero-order valence-corrected chi connectivity index (χ0v) is 19.9. The van der Waals surface area contributed by atoms with Crippen LogP contribution in [0.2, 0.25) is 0 Å². The number of amides is 2. The molecule has 182 valence electrons. The number of aromatic nitrogens is 1. The van der Waals surface area contributed by atoms with E-state index in [9.17, 15) is 9.59 Å². The predicted octanol–water partition coefficient (Wildman–Crippen LogP) is 5.45. The van der Waals surface area contributed by atoms with E-state index in [2.05, 4.69) is 16.9 Å². The highest BCUT2D eigenvalue weighted by atomic mass is 16.5. The van der Waals surface area contributed by atoms with Crippen molar-refractivity contribution < 1.29 is 19.1 Å². The normalized spacial score (nSPS) is 16.8. The van der Waals surface area contributed by atoms with E-state index in [4.69, 9.17) is 9.47 Å². The second kappa shape index (κ2) is 10.00. The second-order valence-electron chi connectivity index (χ2n) is 8.55. The average Bonchev–Trinajstić information content (AvgIpc) is 3.29. The Hall–Kier alpha value is -4.52. The summed E-state index contributed by atoms with van der Waals surface area (Å²) < 4.78 is 11.2. The lowest BCUT2D eigenvalue weighted by atomic mass is 9.88. The number of benzene rings is 3. The van der Waals surface area contributed by atoms with Gasteiger partial charge in [0.05, 0.1) is 7.11 Å². The van der Waals surface area contributed by atoms with Crippen LogP contribution in [0.5, 0.6) is 5.75 Å². The molecule has 0 saturated carbocycles. The van der Waals surface area contributed by atoms with Crippen LogP contribution < -0.4 is 10.1 Å². The molecule has 4 aromatic rings. The average molecular weight is 482 g/mol. The number of rotatable bonds is 6. The number of fused-ring (bicyclic) bond motifs is 3. The van der Waals surface area contributed by atoms with Gasteiger partial charge in [0, 0.05) is 34.3 Å². The fourth-order valence-corrected chi connectivity index (χ4v) is 4.88. The van der Waals surface area contributed by atoms with Crippen molar-refractivity contribution >= 4 is 28.6 Å². The summed E-state index contributed by atoms with van der Waals surface area (Å²) in [6.45, 7) is 4.06. The lowest BCUT2D eigenvalue weighted by Crippen LogP contribution is -2.53. The molecular formula is C29H27N3O4. The van der Waals surface area contributed by atoms with Gasteiger partial charge in [-0.1, -0.05) is 67.3 Å². The Morgan fingerprint density at radius 3 is 2.56 bits per heavy atom. The summed E-state index contributed by atoms with van der Waals surface area (Å²) in [6.07, 6.45) is 1.99. The Balaban J connectivity index is 1.71. The molecule has 36 heavy (non-hydrogen) atoms. The van der Waals surface area contributed by atoms with Crippen LogP contribution in [0.25, 0.3) is 10.9 Å². The van der Waals surface area contributed by atoms with Gasteiger partial charge in [0.25, 0.3) is 0 Å². The fraction of sp³-hybridized carbons (Fsp3) is 0.172. The van der Waals surface area contributed by atoms with Gasteiger partial charge in [-0.3, -0.25) is 4.90 Å². The number of urea groups is 1. The number of H-pyrrole nitrogens is 1. The fourth-order valence-electron chi connectivity index (χ4n) is 4.88. The molecule has 7 heteroatoms. The first kappa shape index (κ1) is 23.2.